The van der Waals surface area contributed by atoms with Gasteiger partial charge in [0.15, 0.2) is 0 Å². The lowest BCUT2D eigenvalue weighted by Gasteiger charge is -2.44. The van der Waals surface area contributed by atoms with Crippen molar-refractivity contribution in [1.82, 2.24) is 4.90 Å². The molecule has 2 N–H and O–H groups in total. The third-order valence-electron chi connectivity index (χ3n) is 6.08. The van der Waals surface area contributed by atoms with Crippen LogP contribution in [0, 0.1) is 11.7 Å². The molecule has 6 nitrogen and oxygen atoms in total. The van der Waals surface area contributed by atoms with Crippen molar-refractivity contribution in [2.45, 2.75) is 57.0 Å². The number of rotatable bonds is 3. The summed E-state index contributed by atoms with van der Waals surface area (Å²) in [7, 11) is 0. The molecule has 0 aromatic heterocycles. The third-order valence-corrected chi connectivity index (χ3v) is 6.08. The molecule has 2 fully saturated rings. The number of fused-ring (bicyclic) bond motifs is 1. The summed E-state index contributed by atoms with van der Waals surface area (Å²) in [6.45, 7) is 0.747. The second kappa shape index (κ2) is 7.29. The fourth-order valence-corrected chi connectivity index (χ4v) is 4.74. The van der Waals surface area contributed by atoms with Crippen LogP contribution in [0.15, 0.2) is 29.4 Å². The van der Waals surface area contributed by atoms with E-state index in [1.165, 1.54) is 36.4 Å². The number of nitrogens with zero attached hydrogens (tertiary/aromatic N) is 3. The van der Waals surface area contributed by atoms with Gasteiger partial charge in [0, 0.05) is 19.0 Å². The Hall–Kier alpha value is -2.44. The second-order valence-electron chi connectivity index (χ2n) is 7.74. The zero-order chi connectivity index (χ0) is 19.0. The Morgan fingerprint density at radius 3 is 2.52 bits per heavy atom. The van der Waals surface area contributed by atoms with E-state index in [-0.39, 0.29) is 24.2 Å². The summed E-state index contributed by atoms with van der Waals surface area (Å²) in [5.41, 5.74) is 6.47. The van der Waals surface area contributed by atoms with Crippen LogP contribution in [-0.4, -0.2) is 41.1 Å². The molecule has 0 radical (unpaired) electrons. The number of nitrogens with two attached hydrogens (primary N) is 1. The minimum Gasteiger partial charge on any atom is -0.368 e. The summed E-state index contributed by atoms with van der Waals surface area (Å²) in [4.78, 5) is 27.1. The first-order chi connectivity index (χ1) is 13.0. The highest BCUT2D eigenvalue weighted by molar-refractivity contribution is 6.40. The van der Waals surface area contributed by atoms with Gasteiger partial charge in [-0.25, -0.2) is 4.39 Å². The highest BCUT2D eigenvalue weighted by Gasteiger charge is 2.41. The van der Waals surface area contributed by atoms with Gasteiger partial charge in [-0.2, -0.15) is 5.10 Å². The van der Waals surface area contributed by atoms with Crippen molar-refractivity contribution in [2.75, 3.05) is 11.6 Å². The molecule has 3 unspecified atom stereocenters. The Morgan fingerprint density at radius 1 is 1.07 bits per heavy atom. The van der Waals surface area contributed by atoms with Gasteiger partial charge in [0.05, 0.1) is 5.69 Å². The van der Waals surface area contributed by atoms with Gasteiger partial charge in [0.1, 0.15) is 17.6 Å². The van der Waals surface area contributed by atoms with Gasteiger partial charge in [-0.05, 0) is 55.9 Å². The minimum absolute atomic E-state index is 0.0811. The lowest BCUT2D eigenvalue weighted by molar-refractivity contribution is -0.130. The van der Waals surface area contributed by atoms with Crippen molar-refractivity contribution >= 4 is 23.2 Å². The molecule has 0 spiro atoms. The quantitative estimate of drug-likeness (QED) is 0.885. The Labute approximate surface area is 158 Å². The van der Waals surface area contributed by atoms with Crippen LogP contribution in [0.25, 0.3) is 0 Å². The number of hydrogen-bond donors (Lipinski definition) is 1. The van der Waals surface area contributed by atoms with Gasteiger partial charge in [-0.3, -0.25) is 14.6 Å². The largest absolute Gasteiger partial charge is 0.368 e. The molecule has 1 aliphatic carbocycles. The average molecular weight is 372 g/mol. The van der Waals surface area contributed by atoms with Crippen molar-refractivity contribution in [3.8, 4) is 0 Å². The number of carbonyl (C=O) groups is 2. The first-order valence-corrected chi connectivity index (χ1v) is 9.77. The maximum atomic E-state index is 13.2. The Morgan fingerprint density at radius 2 is 1.78 bits per heavy atom. The van der Waals surface area contributed by atoms with Crippen LogP contribution in [-0.2, 0) is 9.59 Å². The third kappa shape index (κ3) is 3.42. The molecule has 1 saturated carbocycles. The van der Waals surface area contributed by atoms with Crippen molar-refractivity contribution in [1.29, 1.82) is 0 Å². The number of carbonyl (C=O) groups excluding carboxylic acids is 2. The van der Waals surface area contributed by atoms with Crippen molar-refractivity contribution in [3.63, 3.8) is 0 Å². The van der Waals surface area contributed by atoms with Crippen molar-refractivity contribution in [2.24, 2.45) is 16.8 Å². The molecule has 2 amide bonds. The van der Waals surface area contributed by atoms with Gasteiger partial charge in [-0.15, -0.1) is 0 Å². The first-order valence-electron chi connectivity index (χ1n) is 9.77. The summed E-state index contributed by atoms with van der Waals surface area (Å²) in [6, 6.07) is 5.26. The van der Waals surface area contributed by atoms with E-state index in [1.54, 1.807) is 12.1 Å². The van der Waals surface area contributed by atoms with Crippen LogP contribution in [0.5, 0.6) is 0 Å². The molecule has 2 heterocycles. The van der Waals surface area contributed by atoms with Crippen LogP contribution in [0.2, 0.25) is 0 Å². The summed E-state index contributed by atoms with van der Waals surface area (Å²) in [5, 5.41) is 5.89. The molecule has 7 heteroatoms. The molecule has 4 rings (SSSR count). The number of piperidine rings is 1. The van der Waals surface area contributed by atoms with E-state index < -0.39 is 11.9 Å². The van der Waals surface area contributed by atoms with Crippen molar-refractivity contribution < 1.29 is 14.0 Å². The molecule has 2 aliphatic heterocycles. The number of likely N-dealkylation sites (tertiary alicyclic amines) is 1. The standard InChI is InChI=1S/C20H25FN4O2/c21-14-7-9-15(10-8-14)25-18(19(22)26)12-16(23-25)20(27)24-11-3-5-13-4-1-2-6-17(13)24/h7-10,13,17-18H,1-6,11-12H2,(H2,22,26). The van der Waals surface area contributed by atoms with Gasteiger partial charge in [0.2, 0.25) is 5.91 Å². The Balaban J connectivity index is 1.58. The topological polar surface area (TPSA) is 79.0 Å². The smallest absolute Gasteiger partial charge is 0.270 e. The molecular formula is C20H25FN4O2. The lowest BCUT2D eigenvalue weighted by Crippen LogP contribution is -2.51. The molecule has 27 heavy (non-hydrogen) atoms. The first kappa shape index (κ1) is 17.9. The van der Waals surface area contributed by atoms with E-state index in [0.717, 1.165) is 25.8 Å². The summed E-state index contributed by atoms with van der Waals surface area (Å²) < 4.78 is 13.2. The number of benzene rings is 1. The van der Waals surface area contributed by atoms with E-state index in [0.29, 0.717) is 17.3 Å². The average Bonchev–Trinajstić information content (AvgIpc) is 3.13. The summed E-state index contributed by atoms with van der Waals surface area (Å²) in [6.07, 6.45) is 7.03. The lowest BCUT2D eigenvalue weighted by atomic mass is 9.78. The number of primary amides is 1. The highest BCUT2D eigenvalue weighted by Crippen LogP contribution is 2.36. The molecule has 1 saturated heterocycles. The SMILES string of the molecule is NC(=O)C1CC(C(=O)N2CCCC3CCCCC32)=NN1c1ccc(F)cc1. The fourth-order valence-electron chi connectivity index (χ4n) is 4.74. The molecule has 1 aromatic rings. The molecule has 3 aliphatic rings. The van der Waals surface area contributed by atoms with E-state index in [9.17, 15) is 14.0 Å². The van der Waals surface area contributed by atoms with Crippen LogP contribution in [0.3, 0.4) is 0 Å². The molecule has 0 bridgehead atoms. The molecule has 1 aromatic carbocycles. The van der Waals surface area contributed by atoms with Gasteiger partial charge in [-0.1, -0.05) is 12.8 Å². The highest BCUT2D eigenvalue weighted by atomic mass is 19.1. The van der Waals surface area contributed by atoms with Crippen LogP contribution in [0.1, 0.15) is 44.9 Å². The zero-order valence-corrected chi connectivity index (χ0v) is 15.3. The summed E-state index contributed by atoms with van der Waals surface area (Å²) in [5.74, 6) is -0.411. The minimum atomic E-state index is -0.721. The van der Waals surface area contributed by atoms with E-state index in [2.05, 4.69) is 5.10 Å². The Kier molecular flexibility index (Phi) is 4.85. The maximum absolute atomic E-state index is 13.2. The predicted octanol–water partition coefficient (Wildman–Crippen LogP) is 2.43. The normalized spacial score (nSPS) is 27.9. The van der Waals surface area contributed by atoms with Crippen LogP contribution < -0.4 is 10.7 Å². The molecule has 3 atom stereocenters. The van der Waals surface area contributed by atoms with Gasteiger partial charge < -0.3 is 10.6 Å². The number of hydrogen-bond acceptors (Lipinski definition) is 4. The zero-order valence-electron chi connectivity index (χ0n) is 15.3. The molecule has 144 valence electrons. The summed E-state index contributed by atoms with van der Waals surface area (Å²) >= 11 is 0. The van der Waals surface area contributed by atoms with Crippen molar-refractivity contribution in [3.05, 3.63) is 30.1 Å². The van der Waals surface area contributed by atoms with E-state index in [1.807, 2.05) is 4.90 Å². The number of amides is 2. The number of hydrazone groups is 1. The maximum Gasteiger partial charge on any atom is 0.270 e. The Bertz CT molecular complexity index is 762. The fraction of sp³-hybridized carbons (Fsp3) is 0.550. The van der Waals surface area contributed by atoms with Crippen LogP contribution >= 0.6 is 0 Å². The monoisotopic (exact) mass is 372 g/mol. The van der Waals surface area contributed by atoms with Crippen LogP contribution in [0.4, 0.5) is 10.1 Å². The van der Waals surface area contributed by atoms with Gasteiger partial charge >= 0.3 is 0 Å². The molecular weight excluding hydrogens is 347 g/mol. The number of halogens is 1. The van der Waals surface area contributed by atoms with E-state index in [4.69, 9.17) is 5.73 Å². The number of anilines is 1. The van der Waals surface area contributed by atoms with Gasteiger partial charge in [0.25, 0.3) is 5.91 Å². The predicted molar refractivity (Wildman–Crippen MR) is 101 cm³/mol. The second-order valence-corrected chi connectivity index (χ2v) is 7.74. The van der Waals surface area contributed by atoms with E-state index >= 15 is 0 Å².